The van der Waals surface area contributed by atoms with Gasteiger partial charge in [0, 0.05) is 113 Å². The maximum atomic E-state index is 14.6. The third-order valence-corrected chi connectivity index (χ3v) is 27.0. The van der Waals surface area contributed by atoms with E-state index in [1.54, 1.807) is 34.6 Å². The van der Waals surface area contributed by atoms with Gasteiger partial charge in [0.15, 0.2) is 0 Å². The van der Waals surface area contributed by atoms with Crippen molar-refractivity contribution in [1.82, 2.24) is 39.9 Å². The highest BCUT2D eigenvalue weighted by atomic mass is 32.2. The Morgan fingerprint density at radius 3 is 2.07 bits per heavy atom. The Balaban J connectivity index is 0.632. The number of allylic oxidation sites excluding steroid dienone is 1. The lowest BCUT2D eigenvalue weighted by Gasteiger charge is -2.72. The minimum Gasteiger partial charge on any atom is -0.391 e. The van der Waals surface area contributed by atoms with E-state index in [0.717, 1.165) is 122 Å². The summed E-state index contributed by atoms with van der Waals surface area (Å²) in [6.45, 7) is 25.2. The zero-order valence-electron chi connectivity index (χ0n) is 60.7. The van der Waals surface area contributed by atoms with E-state index in [-0.39, 0.29) is 42.8 Å². The smallest absolute Gasteiger partial charge is 0.391 e. The van der Waals surface area contributed by atoms with Gasteiger partial charge in [0.05, 0.1) is 38.8 Å². The van der Waals surface area contributed by atoms with Crippen LogP contribution in [0.15, 0.2) is 128 Å². The predicted molar refractivity (Wildman–Crippen MR) is 400 cm³/mol. The molecular formula is C77H103F3N10O9S4. The van der Waals surface area contributed by atoms with Crippen LogP contribution in [0.2, 0.25) is 0 Å². The summed E-state index contributed by atoms with van der Waals surface area (Å²) in [5.41, 5.74) is 3.29. The van der Waals surface area contributed by atoms with Crippen LogP contribution in [0.1, 0.15) is 160 Å². The summed E-state index contributed by atoms with van der Waals surface area (Å²) in [4.78, 5) is 70.2. The van der Waals surface area contributed by atoms with Crippen molar-refractivity contribution in [1.29, 1.82) is 0 Å². The number of β-amino-alcohol motifs (C(OH)–C–C–N with tert-alkyl or cyclic N) is 1. The van der Waals surface area contributed by atoms with Crippen molar-refractivity contribution in [2.45, 2.75) is 189 Å². The molecule has 5 atom stereocenters. The normalized spacial score (nSPS) is 22.9. The topological polar surface area (TPSA) is 234 Å². The molecule has 19 nitrogen and oxygen atoms in total. The zero-order valence-corrected chi connectivity index (χ0v) is 64.0. The second-order valence-corrected chi connectivity index (χ2v) is 37.4. The molecule has 5 N–H and O–H groups in total. The molecule has 3 aliphatic heterocycles. The monoisotopic (exact) mass is 1500 g/mol. The van der Waals surface area contributed by atoms with E-state index in [1.165, 1.54) is 60.9 Å². The number of rotatable bonds is 29. The number of sulfonamides is 1. The van der Waals surface area contributed by atoms with Crippen molar-refractivity contribution in [3.8, 4) is 10.4 Å². The first-order valence-corrected chi connectivity index (χ1v) is 41.3. The number of carbonyl (C=O) groups excluding carboxylic acids is 4. The molecule has 4 heterocycles. The first-order valence-electron chi connectivity index (χ1n) is 36.5. The molecule has 3 saturated carbocycles. The third kappa shape index (κ3) is 18.9. The number of carbonyl (C=O) groups is 4. The summed E-state index contributed by atoms with van der Waals surface area (Å²) in [7, 11) is -11.0. The highest BCUT2D eigenvalue weighted by Gasteiger charge is 2.67. The number of amides is 4. The maximum Gasteiger partial charge on any atom is 0.501 e. The molecule has 560 valence electrons. The summed E-state index contributed by atoms with van der Waals surface area (Å²) in [6.07, 6.45) is 10.5. The van der Waals surface area contributed by atoms with E-state index in [2.05, 4.69) is 61.3 Å². The van der Waals surface area contributed by atoms with Crippen molar-refractivity contribution in [2.75, 3.05) is 94.5 Å². The molecule has 6 fully saturated rings. The molecule has 4 aromatic carbocycles. The number of aryl methyl sites for hydroxylation is 1. The van der Waals surface area contributed by atoms with E-state index in [1.807, 2.05) is 99.4 Å². The number of sulfone groups is 1. The molecule has 0 spiro atoms. The van der Waals surface area contributed by atoms with Crippen LogP contribution in [-0.2, 0) is 34.2 Å². The number of hydrogen-bond donors (Lipinski definition) is 5. The Morgan fingerprint density at radius 1 is 0.786 bits per heavy atom. The average Bonchev–Trinajstić information content (AvgIpc) is 1.29. The molecule has 1 aromatic heterocycles. The number of aliphatic hydroxyl groups is 1. The molecular weight excluding hydrogens is 1390 g/mol. The number of halogens is 3. The lowest BCUT2D eigenvalue weighted by atomic mass is 9.33. The number of alkyl halides is 3. The summed E-state index contributed by atoms with van der Waals surface area (Å²) in [5.74, 6) is -1.77. The Bertz CT molecular complexity index is 4080. The number of aliphatic hydroxyl groups excluding tert-OH is 1. The standard InChI is InChI=1S/C77H103F3N10O9S4/c1-52(54-19-21-55(22-20-54)68-53(2)81-51-101-68)82-71(94)65-42-60(91)46-90(65)72(95)69(73(3,4)5)84-67(92)18-14-9-10-15-32-86-34-36-87(37-35-86)33-30-58(47-100-61-16-12-11-13-17-61)83-64-28-27-62(43-66(64)102(96,97)77(78,79)80)103(98,99)85-70(93)56-23-25-59(26-24-56)89-40-38-88(39-41-89)45-57-29-31-74(6,7)44-63(57)76-48-75(8,49-76)50-76/h11-13,16-17,19-28,43,51-52,58,60,65,69,83,91H,9-10,14-15,18,29-42,44-50H2,1-8H3,(H,82,94)(H,84,92)(H,85,93)/t52-,58+,60+,65-,69+,75?,76?/m0/s1. The number of nitrogens with one attached hydrogen (secondary N) is 4. The molecule has 5 aromatic rings. The quantitative estimate of drug-likeness (QED) is 0.0170. The fourth-order valence-electron chi connectivity index (χ4n) is 16.2. The van der Waals surface area contributed by atoms with Crippen molar-refractivity contribution >= 4 is 78.0 Å². The van der Waals surface area contributed by atoms with Gasteiger partial charge in [-0.2, -0.15) is 13.2 Å². The Labute approximate surface area is 614 Å². The van der Waals surface area contributed by atoms with Crippen molar-refractivity contribution in [2.24, 2.45) is 21.7 Å². The molecule has 0 radical (unpaired) electrons. The molecule has 103 heavy (non-hydrogen) atoms. The molecule has 3 saturated heterocycles. The van der Waals surface area contributed by atoms with Crippen molar-refractivity contribution < 1.29 is 54.3 Å². The van der Waals surface area contributed by atoms with E-state index >= 15 is 0 Å². The summed E-state index contributed by atoms with van der Waals surface area (Å²) in [6, 6.07) is 23.5. The van der Waals surface area contributed by atoms with E-state index < -0.39 is 82.3 Å². The molecule has 7 aliphatic rings. The highest BCUT2D eigenvalue weighted by molar-refractivity contribution is 7.99. The van der Waals surface area contributed by atoms with Gasteiger partial charge in [-0.25, -0.2) is 26.5 Å². The molecule has 0 unspecified atom stereocenters. The largest absolute Gasteiger partial charge is 0.501 e. The highest BCUT2D eigenvalue weighted by Crippen LogP contribution is 2.77. The molecule has 4 aliphatic carbocycles. The number of nitrogens with zero attached hydrogens (tertiary/aromatic N) is 6. The van der Waals surface area contributed by atoms with Gasteiger partial charge in [0.1, 0.15) is 17.0 Å². The molecule has 2 bridgehead atoms. The first-order chi connectivity index (χ1) is 48.7. The number of piperazine rings is 2. The van der Waals surface area contributed by atoms with Crippen LogP contribution in [0, 0.1) is 28.6 Å². The number of aromatic nitrogens is 1. The van der Waals surface area contributed by atoms with Gasteiger partial charge >= 0.3 is 5.51 Å². The zero-order chi connectivity index (χ0) is 73.9. The van der Waals surface area contributed by atoms with Gasteiger partial charge in [0.2, 0.25) is 17.7 Å². The number of likely N-dealkylation sites (tertiary alicyclic amines) is 1. The second kappa shape index (κ2) is 32.0. The maximum absolute atomic E-state index is 14.6. The van der Waals surface area contributed by atoms with Gasteiger partial charge in [0.25, 0.3) is 25.8 Å². The van der Waals surface area contributed by atoms with E-state index in [9.17, 15) is 54.3 Å². The van der Waals surface area contributed by atoms with Crippen LogP contribution in [0.3, 0.4) is 0 Å². The summed E-state index contributed by atoms with van der Waals surface area (Å²) < 4.78 is 100. The number of benzene rings is 4. The number of thioether (sulfide) groups is 1. The van der Waals surface area contributed by atoms with Crippen molar-refractivity contribution in [3.63, 3.8) is 0 Å². The minimum atomic E-state index is -6.14. The molecule has 26 heteroatoms. The van der Waals surface area contributed by atoms with Gasteiger partial charge in [-0.1, -0.05) is 108 Å². The molecule has 12 rings (SSSR count). The second-order valence-electron chi connectivity index (χ2n) is 31.9. The minimum absolute atomic E-state index is 0.00144. The third-order valence-electron chi connectivity index (χ3n) is 22.0. The van der Waals surface area contributed by atoms with Crippen LogP contribution in [-0.4, -0.2) is 184 Å². The number of hydrogen-bond acceptors (Lipinski definition) is 17. The van der Waals surface area contributed by atoms with E-state index in [4.69, 9.17) is 0 Å². The molecule has 4 amide bonds. The number of unbranched alkanes of at least 4 members (excludes halogenated alkanes) is 3. The lowest BCUT2D eigenvalue weighted by molar-refractivity contribution is -0.167. The number of thiazole rings is 1. The van der Waals surface area contributed by atoms with Crippen LogP contribution < -0.4 is 25.6 Å². The number of anilines is 2. The SMILES string of the molecule is Cc1ncsc1-c1ccc([C@H](C)NC(=O)[C@@H]2C[C@@H](O)CN2C(=O)[C@@H](NC(=O)CCCCCCN2CCN(CC[C@H](CSc3ccccc3)Nc3ccc(S(=O)(=O)NC(=O)c4ccc(N5CCN(CC6=C(C78CC(C)(C7)C8)CC(C)(C)CC6)CC5)cc4)cc3S(=O)(=O)C(F)(F)F)CC2)C(C)(C)C)cc1. The van der Waals surface area contributed by atoms with Crippen LogP contribution >= 0.6 is 23.1 Å². The van der Waals surface area contributed by atoms with Gasteiger partial charge in [-0.3, -0.25) is 24.1 Å². The van der Waals surface area contributed by atoms with Crippen LogP contribution in [0.5, 0.6) is 0 Å². The Hall–Kier alpha value is -6.39. The lowest BCUT2D eigenvalue weighted by Crippen LogP contribution is -2.61. The summed E-state index contributed by atoms with van der Waals surface area (Å²) >= 11 is 3.00. The van der Waals surface area contributed by atoms with E-state index in [0.29, 0.717) is 60.5 Å². The Morgan fingerprint density at radius 2 is 1.44 bits per heavy atom. The van der Waals surface area contributed by atoms with Crippen LogP contribution in [0.4, 0.5) is 24.5 Å². The fraction of sp³-hybridized carbons (Fsp3) is 0.571. The fourth-order valence-corrected chi connectivity index (χ4v) is 20.1. The first kappa shape index (κ1) is 77.7. The van der Waals surface area contributed by atoms with Crippen LogP contribution in [0.25, 0.3) is 10.4 Å². The van der Waals surface area contributed by atoms with Crippen molar-refractivity contribution in [3.05, 3.63) is 131 Å². The average molecular weight is 1500 g/mol. The van der Waals surface area contributed by atoms with Gasteiger partial charge in [-0.05, 0) is 166 Å². The van der Waals surface area contributed by atoms with Gasteiger partial charge < -0.3 is 40.7 Å². The van der Waals surface area contributed by atoms with Gasteiger partial charge in [-0.15, -0.1) is 23.1 Å². The summed E-state index contributed by atoms with van der Waals surface area (Å²) in [5, 5.41) is 19.9. The predicted octanol–water partition coefficient (Wildman–Crippen LogP) is 12.3. The Kier molecular flexibility index (Phi) is 24.1.